The molecule has 138 valence electrons. The van der Waals surface area contributed by atoms with Crippen LogP contribution in [0.2, 0.25) is 0 Å². The molecule has 4 rings (SSSR count). The number of aliphatic carboxylic acids is 1. The minimum absolute atomic E-state index is 0.0145. The molecule has 6 heteroatoms. The summed E-state index contributed by atoms with van der Waals surface area (Å²) in [7, 11) is 0. The van der Waals surface area contributed by atoms with E-state index < -0.39 is 5.97 Å². The Morgan fingerprint density at radius 2 is 2.00 bits per heavy atom. The van der Waals surface area contributed by atoms with Crippen molar-refractivity contribution in [3.05, 3.63) is 35.5 Å². The van der Waals surface area contributed by atoms with E-state index in [4.69, 9.17) is 12.2 Å². The predicted octanol–water partition coefficient (Wildman–Crippen LogP) is 3.29. The van der Waals surface area contributed by atoms with E-state index in [1.165, 1.54) is 37.7 Å². The van der Waals surface area contributed by atoms with Gasteiger partial charge in [-0.25, -0.2) is 0 Å². The molecule has 5 nitrogen and oxygen atoms in total. The van der Waals surface area contributed by atoms with Crippen LogP contribution in [-0.4, -0.2) is 38.2 Å². The molecule has 2 heterocycles. The molecule has 26 heavy (non-hydrogen) atoms. The quantitative estimate of drug-likeness (QED) is 0.811. The average molecular weight is 372 g/mol. The van der Waals surface area contributed by atoms with Gasteiger partial charge in [-0.15, -0.1) is 0 Å². The van der Waals surface area contributed by atoms with Crippen molar-refractivity contribution >= 4 is 34.2 Å². The second-order valence-corrected chi connectivity index (χ2v) is 7.76. The highest BCUT2D eigenvalue weighted by atomic mass is 32.1. The van der Waals surface area contributed by atoms with Gasteiger partial charge in [0.15, 0.2) is 5.11 Å². The van der Waals surface area contributed by atoms with Crippen LogP contribution in [0.4, 0.5) is 0 Å². The maximum atomic E-state index is 11.3. The number of nitrogens with one attached hydrogen (secondary N) is 1. The van der Waals surface area contributed by atoms with Gasteiger partial charge in [-0.2, -0.15) is 0 Å². The van der Waals surface area contributed by atoms with Crippen LogP contribution < -0.4 is 5.32 Å². The van der Waals surface area contributed by atoms with E-state index in [2.05, 4.69) is 16.3 Å². The number of carbonyl (C=O) groups is 1. The van der Waals surface area contributed by atoms with Crippen molar-refractivity contribution in [2.24, 2.45) is 0 Å². The Balaban J connectivity index is 1.58. The van der Waals surface area contributed by atoms with Crippen molar-refractivity contribution in [1.29, 1.82) is 0 Å². The topological polar surface area (TPSA) is 57.5 Å². The summed E-state index contributed by atoms with van der Waals surface area (Å²) in [4.78, 5) is 13.6. The number of carboxylic acid groups (broad SMARTS) is 1. The fourth-order valence-electron chi connectivity index (χ4n) is 4.40. The average Bonchev–Trinajstić information content (AvgIpc) is 2.96. The Morgan fingerprint density at radius 3 is 2.77 bits per heavy atom. The molecule has 0 bridgehead atoms. The lowest BCUT2D eigenvalue weighted by molar-refractivity contribution is -0.137. The first-order chi connectivity index (χ1) is 12.6. The minimum Gasteiger partial charge on any atom is -0.480 e. The van der Waals surface area contributed by atoms with E-state index >= 15 is 0 Å². The molecule has 0 atom stereocenters. The van der Waals surface area contributed by atoms with E-state index in [1.807, 2.05) is 22.8 Å². The monoisotopic (exact) mass is 371 g/mol. The van der Waals surface area contributed by atoms with Gasteiger partial charge in [-0.1, -0.05) is 37.5 Å². The molecule has 2 aromatic rings. The summed E-state index contributed by atoms with van der Waals surface area (Å²) in [6, 6.07) is 8.60. The van der Waals surface area contributed by atoms with Gasteiger partial charge in [-0.05, 0) is 31.1 Å². The maximum absolute atomic E-state index is 11.3. The lowest BCUT2D eigenvalue weighted by atomic mass is 9.96. The van der Waals surface area contributed by atoms with Crippen molar-refractivity contribution in [2.45, 2.75) is 57.7 Å². The lowest BCUT2D eigenvalue weighted by Crippen LogP contribution is -2.47. The maximum Gasteiger partial charge on any atom is 0.323 e. The molecular weight excluding hydrogens is 346 g/mol. The van der Waals surface area contributed by atoms with Crippen molar-refractivity contribution in [3.8, 4) is 0 Å². The smallest absolute Gasteiger partial charge is 0.323 e. The van der Waals surface area contributed by atoms with E-state index in [0.29, 0.717) is 6.04 Å². The number of benzene rings is 1. The molecule has 0 amide bonds. The zero-order valence-corrected chi connectivity index (χ0v) is 15.7. The summed E-state index contributed by atoms with van der Waals surface area (Å²) in [5.74, 6) is -0.800. The molecule has 1 aliphatic heterocycles. The third-order valence-electron chi connectivity index (χ3n) is 5.67. The summed E-state index contributed by atoms with van der Waals surface area (Å²) in [5.41, 5.74) is 3.37. The molecule has 2 aliphatic rings. The number of rotatable bonds is 3. The number of nitrogens with zero attached hydrogens (tertiary/aromatic N) is 2. The Kier molecular flexibility index (Phi) is 4.85. The molecule has 0 saturated heterocycles. The van der Waals surface area contributed by atoms with E-state index in [-0.39, 0.29) is 6.54 Å². The van der Waals surface area contributed by atoms with Crippen molar-refractivity contribution in [1.82, 2.24) is 14.8 Å². The lowest BCUT2D eigenvalue weighted by Gasteiger charge is -2.33. The van der Waals surface area contributed by atoms with Gasteiger partial charge in [0, 0.05) is 47.7 Å². The van der Waals surface area contributed by atoms with Crippen molar-refractivity contribution in [2.75, 3.05) is 6.54 Å². The first-order valence-electron chi connectivity index (χ1n) is 9.49. The highest BCUT2D eigenvalue weighted by Crippen LogP contribution is 2.31. The fourth-order valence-corrected chi connectivity index (χ4v) is 4.73. The predicted molar refractivity (Wildman–Crippen MR) is 106 cm³/mol. The van der Waals surface area contributed by atoms with Gasteiger partial charge in [0.1, 0.15) is 6.54 Å². The summed E-state index contributed by atoms with van der Waals surface area (Å²) in [5, 5.41) is 14.9. The summed E-state index contributed by atoms with van der Waals surface area (Å²) < 4.78 is 1.96. The number of hydrogen-bond acceptors (Lipinski definition) is 2. The van der Waals surface area contributed by atoms with E-state index in [1.54, 1.807) is 0 Å². The SMILES string of the molecule is O=C(O)Cn1c2c(c3ccccc31)CN(C(=S)NC1CCCCC1)CC2. The molecule has 1 aromatic carbocycles. The summed E-state index contributed by atoms with van der Waals surface area (Å²) >= 11 is 5.70. The van der Waals surface area contributed by atoms with Gasteiger partial charge < -0.3 is 19.9 Å². The highest BCUT2D eigenvalue weighted by molar-refractivity contribution is 7.80. The van der Waals surface area contributed by atoms with Crippen LogP contribution in [0.3, 0.4) is 0 Å². The normalized spacial score (nSPS) is 17.9. The van der Waals surface area contributed by atoms with Crippen molar-refractivity contribution < 1.29 is 9.90 Å². The molecular formula is C20H25N3O2S. The van der Waals surface area contributed by atoms with Crippen LogP contribution in [0.15, 0.2) is 24.3 Å². The second kappa shape index (κ2) is 7.27. The van der Waals surface area contributed by atoms with Gasteiger partial charge >= 0.3 is 5.97 Å². The molecule has 2 N–H and O–H groups in total. The molecule has 1 aliphatic carbocycles. The third kappa shape index (κ3) is 3.30. The third-order valence-corrected chi connectivity index (χ3v) is 6.05. The molecule has 0 unspecified atom stereocenters. The zero-order valence-electron chi connectivity index (χ0n) is 14.9. The Bertz CT molecular complexity index is 839. The van der Waals surface area contributed by atoms with Gasteiger partial charge in [0.25, 0.3) is 0 Å². The molecule has 1 saturated carbocycles. The molecule has 1 fully saturated rings. The van der Waals surface area contributed by atoms with Crippen LogP contribution in [0.25, 0.3) is 10.9 Å². The Hall–Kier alpha value is -2.08. The van der Waals surface area contributed by atoms with Crippen LogP contribution in [0.1, 0.15) is 43.4 Å². The fraction of sp³-hybridized carbons (Fsp3) is 0.500. The van der Waals surface area contributed by atoms with Crippen LogP contribution in [0, 0.1) is 0 Å². The van der Waals surface area contributed by atoms with Crippen LogP contribution in [-0.2, 0) is 24.3 Å². The number of para-hydroxylation sites is 1. The largest absolute Gasteiger partial charge is 0.480 e. The van der Waals surface area contributed by atoms with Crippen LogP contribution >= 0.6 is 12.2 Å². The number of thiocarbonyl (C=S) groups is 1. The van der Waals surface area contributed by atoms with E-state index in [9.17, 15) is 9.90 Å². The summed E-state index contributed by atoms with van der Waals surface area (Å²) in [6.45, 7) is 1.60. The zero-order chi connectivity index (χ0) is 18.1. The molecule has 0 radical (unpaired) electrons. The van der Waals surface area contributed by atoms with E-state index in [0.717, 1.165) is 41.2 Å². The first kappa shape index (κ1) is 17.3. The Morgan fingerprint density at radius 1 is 1.23 bits per heavy atom. The first-order valence-corrected chi connectivity index (χ1v) is 9.90. The Labute approximate surface area is 159 Å². The van der Waals surface area contributed by atoms with Crippen molar-refractivity contribution in [3.63, 3.8) is 0 Å². The summed E-state index contributed by atoms with van der Waals surface area (Å²) in [6.07, 6.45) is 7.14. The minimum atomic E-state index is -0.800. The van der Waals surface area contributed by atoms with Gasteiger partial charge in [-0.3, -0.25) is 4.79 Å². The standard InChI is InChI=1S/C20H25N3O2S/c24-19(25)13-23-17-9-5-4-8-15(17)16-12-22(11-10-18(16)23)20(26)21-14-6-2-1-3-7-14/h4-5,8-9,14H,1-3,6-7,10-13H2,(H,21,26)(H,24,25). The second-order valence-electron chi connectivity index (χ2n) is 7.38. The number of fused-ring (bicyclic) bond motifs is 3. The number of aromatic nitrogens is 1. The van der Waals surface area contributed by atoms with Crippen LogP contribution in [0.5, 0.6) is 0 Å². The number of hydrogen-bond donors (Lipinski definition) is 2. The number of carboxylic acids is 1. The highest BCUT2D eigenvalue weighted by Gasteiger charge is 2.26. The van der Waals surface area contributed by atoms with Gasteiger partial charge in [0.2, 0.25) is 0 Å². The molecule has 0 spiro atoms. The molecule has 1 aromatic heterocycles. The van der Waals surface area contributed by atoms with Gasteiger partial charge in [0.05, 0.1) is 0 Å².